The van der Waals surface area contributed by atoms with Crippen LogP contribution in [0.5, 0.6) is 6.01 Å². The van der Waals surface area contributed by atoms with Crippen molar-refractivity contribution in [1.29, 1.82) is 0 Å². The number of aliphatic carboxylic acids is 1. The van der Waals surface area contributed by atoms with Crippen LogP contribution in [0.15, 0.2) is 4.79 Å². The maximum absolute atomic E-state index is 12.4. The number of anilines is 1. The number of piperidine rings is 1. The van der Waals surface area contributed by atoms with Crippen LogP contribution in [0.4, 0.5) is 5.82 Å². The molecule has 2 aromatic heterocycles. The van der Waals surface area contributed by atoms with Gasteiger partial charge in [0.15, 0.2) is 11.5 Å². The van der Waals surface area contributed by atoms with E-state index in [0.717, 1.165) is 58.2 Å². The number of carbonyl (C=O) groups is 1. The molecule has 1 fully saturated rings. The number of aromatic nitrogens is 4. The molecule has 0 spiro atoms. The summed E-state index contributed by atoms with van der Waals surface area (Å²) in [5.74, 6) is -0.279. The van der Waals surface area contributed by atoms with Crippen molar-refractivity contribution in [1.82, 2.24) is 24.4 Å². The number of hydrogen-bond donors (Lipinski definition) is 3. The average Bonchev–Trinajstić information content (AvgIpc) is 3.01. The van der Waals surface area contributed by atoms with E-state index >= 15 is 0 Å². The Morgan fingerprint density at radius 2 is 2.10 bits per heavy atom. The van der Waals surface area contributed by atoms with Gasteiger partial charge in [-0.15, -0.1) is 0 Å². The highest BCUT2D eigenvalue weighted by atomic mass is 16.5. The van der Waals surface area contributed by atoms with Gasteiger partial charge in [-0.2, -0.15) is 9.97 Å². The number of aromatic amines is 1. The molecule has 0 aliphatic carbocycles. The van der Waals surface area contributed by atoms with Crippen molar-refractivity contribution in [2.45, 2.75) is 58.4 Å². The first-order valence-electron chi connectivity index (χ1n) is 10.8. The monoisotopic (exact) mass is 420 g/mol. The summed E-state index contributed by atoms with van der Waals surface area (Å²) in [6.45, 7) is 5.84. The van der Waals surface area contributed by atoms with E-state index in [-0.39, 0.29) is 29.9 Å². The summed E-state index contributed by atoms with van der Waals surface area (Å²) in [6.07, 6.45) is 5.88. The van der Waals surface area contributed by atoms with Crippen LogP contribution in [-0.2, 0) is 11.3 Å². The zero-order chi connectivity index (χ0) is 21.5. The van der Waals surface area contributed by atoms with Crippen LogP contribution in [0, 0.1) is 5.92 Å². The Bertz CT molecular complexity index is 909. The number of rotatable bonds is 11. The number of fused-ring (bicyclic) bond motifs is 1. The molecule has 0 radical (unpaired) electrons. The van der Waals surface area contributed by atoms with Crippen molar-refractivity contribution in [3.05, 3.63) is 10.5 Å². The molecule has 4 N–H and O–H groups in total. The van der Waals surface area contributed by atoms with E-state index in [2.05, 4.69) is 26.8 Å². The zero-order valence-corrected chi connectivity index (χ0v) is 17.6. The van der Waals surface area contributed by atoms with Crippen LogP contribution in [0.2, 0.25) is 0 Å². The standard InChI is InChI=1S/C20H32N6O4/c1-2-3-11-30-19-23-17(21)16-18(24-19)26(20(29)22-16)10-5-4-8-25-9-6-7-14(13-25)12-15(27)28/h14H,2-13H2,1H3,(H,22,29)(H,27,28)(H2,21,23,24). The lowest BCUT2D eigenvalue weighted by Crippen LogP contribution is -2.37. The second-order valence-corrected chi connectivity index (χ2v) is 7.99. The fraction of sp³-hybridized carbons (Fsp3) is 0.700. The highest BCUT2D eigenvalue weighted by Crippen LogP contribution is 2.21. The van der Waals surface area contributed by atoms with Gasteiger partial charge in [0.1, 0.15) is 5.52 Å². The smallest absolute Gasteiger partial charge is 0.327 e. The molecule has 0 amide bonds. The Kier molecular flexibility index (Phi) is 7.67. The van der Waals surface area contributed by atoms with Gasteiger partial charge in [-0.1, -0.05) is 13.3 Å². The minimum absolute atomic E-state index is 0.194. The number of unbranched alkanes of at least 4 members (excludes halogenated alkanes) is 2. The molecule has 10 nitrogen and oxygen atoms in total. The number of nitrogens with zero attached hydrogens (tertiary/aromatic N) is 4. The topological polar surface area (TPSA) is 139 Å². The predicted octanol–water partition coefficient (Wildman–Crippen LogP) is 1.85. The number of carboxylic acids is 1. The fourth-order valence-electron chi connectivity index (χ4n) is 3.98. The number of nitrogens with one attached hydrogen (secondary N) is 1. The summed E-state index contributed by atoms with van der Waals surface area (Å²) in [6, 6.07) is 0.194. The molecule has 0 saturated carbocycles. The number of aryl methyl sites for hydroxylation is 1. The normalized spacial score (nSPS) is 17.4. The number of hydrogen-bond acceptors (Lipinski definition) is 7. The van der Waals surface area contributed by atoms with Crippen molar-refractivity contribution in [2.24, 2.45) is 5.92 Å². The predicted molar refractivity (Wildman–Crippen MR) is 114 cm³/mol. The number of likely N-dealkylation sites (tertiary alicyclic amines) is 1. The van der Waals surface area contributed by atoms with E-state index in [4.69, 9.17) is 15.6 Å². The molecule has 0 bridgehead atoms. The van der Waals surface area contributed by atoms with Gasteiger partial charge in [0, 0.05) is 19.5 Å². The van der Waals surface area contributed by atoms with E-state index in [0.29, 0.717) is 24.3 Å². The second kappa shape index (κ2) is 10.4. The maximum atomic E-state index is 12.4. The van der Waals surface area contributed by atoms with Gasteiger partial charge in [0.2, 0.25) is 0 Å². The molecule has 30 heavy (non-hydrogen) atoms. The summed E-state index contributed by atoms with van der Waals surface area (Å²) in [7, 11) is 0. The lowest BCUT2D eigenvalue weighted by Gasteiger charge is -2.32. The zero-order valence-electron chi connectivity index (χ0n) is 17.6. The van der Waals surface area contributed by atoms with Crippen LogP contribution in [0.1, 0.15) is 51.9 Å². The van der Waals surface area contributed by atoms with Crippen molar-refractivity contribution >= 4 is 23.0 Å². The Balaban J connectivity index is 1.57. The SMILES string of the molecule is CCCCOc1nc(N)c2[nH]c(=O)n(CCCCN3CCCC(CC(=O)O)C3)c2n1. The van der Waals surface area contributed by atoms with E-state index in [1.807, 2.05) is 0 Å². The Hall–Kier alpha value is -2.62. The number of H-pyrrole nitrogens is 1. The second-order valence-electron chi connectivity index (χ2n) is 7.99. The van der Waals surface area contributed by atoms with Crippen molar-refractivity contribution < 1.29 is 14.6 Å². The molecular weight excluding hydrogens is 388 g/mol. The number of carboxylic acid groups (broad SMARTS) is 1. The molecule has 0 aromatic carbocycles. The Morgan fingerprint density at radius 1 is 1.30 bits per heavy atom. The quantitative estimate of drug-likeness (QED) is 0.468. The van der Waals surface area contributed by atoms with Gasteiger partial charge in [-0.05, 0) is 51.1 Å². The summed E-state index contributed by atoms with van der Waals surface area (Å²) < 4.78 is 7.15. The highest BCUT2D eigenvalue weighted by Gasteiger charge is 2.21. The highest BCUT2D eigenvalue weighted by molar-refractivity contribution is 5.81. The summed E-state index contributed by atoms with van der Waals surface area (Å²) in [5, 5.41) is 9.00. The van der Waals surface area contributed by atoms with Crippen LogP contribution in [-0.4, -0.2) is 61.7 Å². The minimum Gasteiger partial charge on any atom is -0.481 e. The lowest BCUT2D eigenvalue weighted by molar-refractivity contribution is -0.138. The summed E-state index contributed by atoms with van der Waals surface area (Å²) >= 11 is 0. The van der Waals surface area contributed by atoms with E-state index in [9.17, 15) is 9.59 Å². The molecule has 1 atom stereocenters. The number of imidazole rings is 1. The van der Waals surface area contributed by atoms with Crippen LogP contribution in [0.25, 0.3) is 11.2 Å². The van der Waals surface area contributed by atoms with Gasteiger partial charge in [-0.3, -0.25) is 9.36 Å². The third-order valence-electron chi connectivity index (χ3n) is 5.53. The lowest BCUT2D eigenvalue weighted by atomic mass is 9.95. The molecular formula is C20H32N6O4. The van der Waals surface area contributed by atoms with Crippen LogP contribution in [0.3, 0.4) is 0 Å². The Morgan fingerprint density at radius 3 is 2.87 bits per heavy atom. The van der Waals surface area contributed by atoms with Crippen molar-refractivity contribution in [3.8, 4) is 6.01 Å². The third-order valence-corrected chi connectivity index (χ3v) is 5.53. The number of ether oxygens (including phenoxy) is 1. The molecule has 10 heteroatoms. The van der Waals surface area contributed by atoms with E-state index < -0.39 is 5.97 Å². The third kappa shape index (κ3) is 5.71. The average molecular weight is 421 g/mol. The molecule has 3 rings (SSSR count). The van der Waals surface area contributed by atoms with Crippen molar-refractivity contribution in [3.63, 3.8) is 0 Å². The Labute approximate surface area is 175 Å². The molecule has 1 saturated heterocycles. The van der Waals surface area contributed by atoms with Gasteiger partial charge >= 0.3 is 17.7 Å². The molecule has 1 aliphatic rings. The number of nitrogens with two attached hydrogens (primary N) is 1. The van der Waals surface area contributed by atoms with Gasteiger partial charge in [0.25, 0.3) is 0 Å². The van der Waals surface area contributed by atoms with Gasteiger partial charge in [0.05, 0.1) is 6.61 Å². The first kappa shape index (κ1) is 22.1. The fourth-order valence-corrected chi connectivity index (χ4v) is 3.98. The first-order chi connectivity index (χ1) is 14.5. The van der Waals surface area contributed by atoms with Gasteiger partial charge < -0.3 is 25.5 Å². The van der Waals surface area contributed by atoms with E-state index in [1.54, 1.807) is 4.57 Å². The molecule has 3 heterocycles. The molecule has 2 aromatic rings. The molecule has 166 valence electrons. The molecule has 1 unspecified atom stereocenters. The van der Waals surface area contributed by atoms with Crippen LogP contribution < -0.4 is 16.2 Å². The minimum atomic E-state index is -0.722. The summed E-state index contributed by atoms with van der Waals surface area (Å²) in [5.41, 5.74) is 6.64. The first-order valence-corrected chi connectivity index (χ1v) is 10.8. The summed E-state index contributed by atoms with van der Waals surface area (Å²) in [4.78, 5) is 36.9. The van der Waals surface area contributed by atoms with Crippen molar-refractivity contribution in [2.75, 3.05) is 32.0 Å². The van der Waals surface area contributed by atoms with Gasteiger partial charge in [-0.25, -0.2) is 4.79 Å². The molecule has 1 aliphatic heterocycles. The largest absolute Gasteiger partial charge is 0.481 e. The number of nitrogen functional groups attached to an aromatic ring is 1. The van der Waals surface area contributed by atoms with E-state index in [1.165, 1.54) is 0 Å². The maximum Gasteiger partial charge on any atom is 0.327 e. The van der Waals surface area contributed by atoms with Crippen LogP contribution >= 0.6 is 0 Å².